The number of carbonyl (C=O) groups is 2. The summed E-state index contributed by atoms with van der Waals surface area (Å²) in [6.45, 7) is 6.20. The molecule has 0 fully saturated rings. The molecule has 0 aromatic rings. The molecule has 0 heterocycles. The third-order valence-electron chi connectivity index (χ3n) is 2.95. The molecule has 0 bridgehead atoms. The first-order chi connectivity index (χ1) is 9.06. The Morgan fingerprint density at radius 3 is 2.47 bits per heavy atom. The summed E-state index contributed by atoms with van der Waals surface area (Å²) in [6, 6.07) is -0.529. The minimum atomic E-state index is -0.529. The van der Waals surface area contributed by atoms with Crippen LogP contribution in [0.3, 0.4) is 0 Å². The molecule has 0 radical (unpaired) electrons. The Kier molecular flexibility index (Phi) is 10.1. The number of nitrogens with zero attached hydrogens (tertiary/aromatic N) is 1. The highest BCUT2D eigenvalue weighted by Gasteiger charge is 2.14. The van der Waals surface area contributed by atoms with Crippen molar-refractivity contribution in [1.29, 1.82) is 0 Å². The number of amides is 2. The summed E-state index contributed by atoms with van der Waals surface area (Å²) in [6.07, 6.45) is 1.66. The Bertz CT molecular complexity index is 268. The normalized spacial score (nSPS) is 12.0. The number of ether oxygens (including phenoxy) is 1. The van der Waals surface area contributed by atoms with Crippen LogP contribution < -0.4 is 11.1 Å². The Morgan fingerprint density at radius 1 is 1.32 bits per heavy atom. The lowest BCUT2D eigenvalue weighted by Crippen LogP contribution is -2.42. The summed E-state index contributed by atoms with van der Waals surface area (Å²) in [7, 11) is 1.62. The van der Waals surface area contributed by atoms with E-state index in [1.165, 1.54) is 0 Å². The first kappa shape index (κ1) is 17.9. The number of carbonyl (C=O) groups excluding carboxylic acids is 2. The van der Waals surface area contributed by atoms with Gasteiger partial charge in [0.15, 0.2) is 0 Å². The van der Waals surface area contributed by atoms with E-state index in [1.54, 1.807) is 12.0 Å². The average molecular weight is 273 g/mol. The number of rotatable bonds is 10. The largest absolute Gasteiger partial charge is 0.385 e. The molecule has 112 valence electrons. The molecule has 0 spiro atoms. The lowest BCUT2D eigenvalue weighted by atomic mass is 10.1. The van der Waals surface area contributed by atoms with E-state index >= 15 is 0 Å². The summed E-state index contributed by atoms with van der Waals surface area (Å²) in [5, 5.41) is 2.69. The maximum Gasteiger partial charge on any atom is 0.236 e. The maximum atomic E-state index is 11.7. The monoisotopic (exact) mass is 273 g/mol. The molecule has 0 aromatic carbocycles. The molecule has 6 heteroatoms. The standard InChI is InChI=1S/C13H27N3O3/c1-4-16(5-2)12(17)8-9-15-13(18)11(14)7-6-10-19-3/h11H,4-10,14H2,1-3H3,(H,15,18). The van der Waals surface area contributed by atoms with Crippen molar-refractivity contribution in [2.45, 2.75) is 39.2 Å². The molecule has 0 aliphatic carbocycles. The van der Waals surface area contributed by atoms with Gasteiger partial charge in [-0.1, -0.05) is 0 Å². The first-order valence-electron chi connectivity index (χ1n) is 6.86. The number of nitrogens with two attached hydrogens (primary N) is 1. The summed E-state index contributed by atoms with van der Waals surface area (Å²) in [5.74, 6) is -0.151. The van der Waals surface area contributed by atoms with Gasteiger partial charge >= 0.3 is 0 Å². The zero-order valence-electron chi connectivity index (χ0n) is 12.3. The van der Waals surface area contributed by atoms with E-state index in [0.717, 1.165) is 6.42 Å². The molecule has 19 heavy (non-hydrogen) atoms. The van der Waals surface area contributed by atoms with Gasteiger partial charge in [0, 0.05) is 39.8 Å². The average Bonchev–Trinajstić information content (AvgIpc) is 2.40. The van der Waals surface area contributed by atoms with E-state index in [9.17, 15) is 9.59 Å². The van der Waals surface area contributed by atoms with Crippen LogP contribution in [0.1, 0.15) is 33.1 Å². The Morgan fingerprint density at radius 2 is 1.95 bits per heavy atom. The van der Waals surface area contributed by atoms with Crippen LogP contribution in [0.4, 0.5) is 0 Å². The van der Waals surface area contributed by atoms with Crippen molar-refractivity contribution >= 4 is 11.8 Å². The molecule has 0 aliphatic heterocycles. The van der Waals surface area contributed by atoms with E-state index in [4.69, 9.17) is 10.5 Å². The Balaban J connectivity index is 3.81. The topological polar surface area (TPSA) is 84.7 Å². The minimum Gasteiger partial charge on any atom is -0.385 e. The van der Waals surface area contributed by atoms with Crippen LogP contribution in [-0.4, -0.2) is 56.1 Å². The minimum absolute atomic E-state index is 0.0539. The maximum absolute atomic E-state index is 11.7. The van der Waals surface area contributed by atoms with Crippen molar-refractivity contribution < 1.29 is 14.3 Å². The van der Waals surface area contributed by atoms with Crippen LogP contribution in [0.15, 0.2) is 0 Å². The van der Waals surface area contributed by atoms with Crippen molar-refractivity contribution in [2.24, 2.45) is 5.73 Å². The zero-order valence-corrected chi connectivity index (χ0v) is 12.3. The summed E-state index contributed by atoms with van der Waals surface area (Å²) >= 11 is 0. The van der Waals surface area contributed by atoms with Crippen LogP contribution >= 0.6 is 0 Å². The summed E-state index contributed by atoms with van der Waals surface area (Å²) < 4.78 is 4.90. The molecule has 3 N–H and O–H groups in total. The first-order valence-corrected chi connectivity index (χ1v) is 6.86. The van der Waals surface area contributed by atoms with Gasteiger partial charge < -0.3 is 20.7 Å². The molecule has 2 amide bonds. The fourth-order valence-electron chi connectivity index (χ4n) is 1.74. The molecule has 0 saturated carbocycles. The second-order valence-corrected chi connectivity index (χ2v) is 4.35. The van der Waals surface area contributed by atoms with Gasteiger partial charge in [0.2, 0.25) is 11.8 Å². The van der Waals surface area contributed by atoms with Gasteiger partial charge in [-0.3, -0.25) is 9.59 Å². The van der Waals surface area contributed by atoms with E-state index < -0.39 is 6.04 Å². The van der Waals surface area contributed by atoms with Gasteiger partial charge in [-0.2, -0.15) is 0 Å². The highest BCUT2D eigenvalue weighted by molar-refractivity contribution is 5.82. The van der Waals surface area contributed by atoms with E-state index in [2.05, 4.69) is 5.32 Å². The molecule has 0 aliphatic rings. The quantitative estimate of drug-likeness (QED) is 0.554. The van der Waals surface area contributed by atoms with Crippen molar-refractivity contribution in [2.75, 3.05) is 33.4 Å². The highest BCUT2D eigenvalue weighted by Crippen LogP contribution is 1.96. The van der Waals surface area contributed by atoms with Gasteiger partial charge in [-0.25, -0.2) is 0 Å². The van der Waals surface area contributed by atoms with Crippen LogP contribution in [0.25, 0.3) is 0 Å². The number of nitrogens with one attached hydrogen (secondary N) is 1. The SMILES string of the molecule is CCN(CC)C(=O)CCNC(=O)C(N)CCCOC. The molecular weight excluding hydrogens is 246 g/mol. The van der Waals surface area contributed by atoms with Crippen molar-refractivity contribution in [3.05, 3.63) is 0 Å². The lowest BCUT2D eigenvalue weighted by molar-refractivity contribution is -0.130. The zero-order chi connectivity index (χ0) is 14.7. The molecule has 0 rings (SSSR count). The van der Waals surface area contributed by atoms with E-state index in [-0.39, 0.29) is 11.8 Å². The molecule has 1 atom stereocenters. The van der Waals surface area contributed by atoms with Gasteiger partial charge in [-0.05, 0) is 26.7 Å². The van der Waals surface area contributed by atoms with Gasteiger partial charge in [0.25, 0.3) is 0 Å². The number of hydrogen-bond donors (Lipinski definition) is 2. The van der Waals surface area contributed by atoms with Crippen molar-refractivity contribution in [3.8, 4) is 0 Å². The smallest absolute Gasteiger partial charge is 0.236 e. The summed E-state index contributed by atoms with van der Waals surface area (Å²) in [4.78, 5) is 25.1. The van der Waals surface area contributed by atoms with Gasteiger partial charge in [-0.15, -0.1) is 0 Å². The molecule has 6 nitrogen and oxygen atoms in total. The van der Waals surface area contributed by atoms with Gasteiger partial charge in [0.1, 0.15) is 0 Å². The lowest BCUT2D eigenvalue weighted by Gasteiger charge is -2.19. The fraction of sp³-hybridized carbons (Fsp3) is 0.846. The second-order valence-electron chi connectivity index (χ2n) is 4.35. The predicted octanol–water partition coefficient (Wildman–Crippen LogP) is 0.115. The predicted molar refractivity (Wildman–Crippen MR) is 74.6 cm³/mol. The highest BCUT2D eigenvalue weighted by atomic mass is 16.5. The second kappa shape index (κ2) is 10.8. The molecule has 0 aromatic heterocycles. The van der Waals surface area contributed by atoms with Crippen LogP contribution in [0.2, 0.25) is 0 Å². The van der Waals surface area contributed by atoms with Crippen LogP contribution in [0.5, 0.6) is 0 Å². The van der Waals surface area contributed by atoms with Crippen LogP contribution in [0, 0.1) is 0 Å². The number of methoxy groups -OCH3 is 1. The van der Waals surface area contributed by atoms with E-state index in [0.29, 0.717) is 39.1 Å². The third kappa shape index (κ3) is 7.79. The third-order valence-corrected chi connectivity index (χ3v) is 2.95. The molecule has 0 saturated heterocycles. The van der Waals surface area contributed by atoms with Crippen molar-refractivity contribution in [1.82, 2.24) is 10.2 Å². The summed E-state index contributed by atoms with van der Waals surface area (Å²) in [5.41, 5.74) is 5.72. The Hall–Kier alpha value is -1.14. The fourth-order valence-corrected chi connectivity index (χ4v) is 1.74. The molecular formula is C13H27N3O3. The molecule has 1 unspecified atom stereocenters. The van der Waals surface area contributed by atoms with Crippen LogP contribution in [-0.2, 0) is 14.3 Å². The Labute approximate surface area is 115 Å². The van der Waals surface area contributed by atoms with Gasteiger partial charge in [0.05, 0.1) is 6.04 Å². The van der Waals surface area contributed by atoms with E-state index in [1.807, 2.05) is 13.8 Å². The van der Waals surface area contributed by atoms with Crippen molar-refractivity contribution in [3.63, 3.8) is 0 Å². The number of hydrogen-bond acceptors (Lipinski definition) is 4.